The van der Waals surface area contributed by atoms with E-state index in [4.69, 9.17) is 4.52 Å². The van der Waals surface area contributed by atoms with Crippen LogP contribution in [-0.2, 0) is 9.09 Å². The molecule has 4 nitrogen and oxygen atoms in total. The monoisotopic (exact) mass is 233 g/mol. The summed E-state index contributed by atoms with van der Waals surface area (Å²) in [4.78, 5) is 12.7. The Morgan fingerprint density at radius 3 is 2.23 bits per heavy atom. The summed E-state index contributed by atoms with van der Waals surface area (Å²) in [6.45, 7) is 4.10. The maximum Gasteiger partial charge on any atom is 1.00 e. The standard InChI is InChI=1S/C7H18NO3P.K/c1-7(2)5-11-12(9,10)6-8(3)4;/h7H,5-6H2,1-4H3,(H,9,10);/q;+1/p-1. The Hall–Kier alpha value is 1.75. The quantitative estimate of drug-likeness (QED) is 0.397. The summed E-state index contributed by atoms with van der Waals surface area (Å²) in [7, 11) is -0.231. The fourth-order valence-corrected chi connectivity index (χ4v) is 1.95. The van der Waals surface area contributed by atoms with E-state index in [-0.39, 0.29) is 70.2 Å². The largest absolute Gasteiger partial charge is 1.00 e. The zero-order valence-electron chi connectivity index (χ0n) is 9.11. The zero-order chi connectivity index (χ0) is 9.78. The smallest absolute Gasteiger partial charge is 0.778 e. The van der Waals surface area contributed by atoms with E-state index in [2.05, 4.69) is 0 Å². The summed E-state index contributed by atoms with van der Waals surface area (Å²) in [5, 5.41) is 0. The van der Waals surface area contributed by atoms with Crippen molar-refractivity contribution in [2.75, 3.05) is 27.0 Å². The molecule has 0 spiro atoms. The van der Waals surface area contributed by atoms with Crippen LogP contribution in [0.15, 0.2) is 0 Å². The van der Waals surface area contributed by atoms with Gasteiger partial charge in [-0.1, -0.05) is 13.8 Å². The molecule has 0 aliphatic carbocycles. The van der Waals surface area contributed by atoms with Gasteiger partial charge < -0.3 is 18.9 Å². The second-order valence-corrected chi connectivity index (χ2v) is 5.28. The van der Waals surface area contributed by atoms with E-state index >= 15 is 0 Å². The Kier molecular flexibility index (Phi) is 10.5. The number of nitrogens with zero attached hydrogens (tertiary/aromatic N) is 1. The SMILES string of the molecule is CC(C)COP(=O)([O-])CN(C)C.[K+]. The first-order valence-corrected chi connectivity index (χ1v) is 5.65. The average Bonchev–Trinajstić information content (AvgIpc) is 1.81. The topological polar surface area (TPSA) is 52.6 Å². The van der Waals surface area contributed by atoms with Gasteiger partial charge in [-0.25, -0.2) is 0 Å². The van der Waals surface area contributed by atoms with E-state index in [1.165, 1.54) is 0 Å². The van der Waals surface area contributed by atoms with Gasteiger partial charge in [0.15, 0.2) is 0 Å². The van der Waals surface area contributed by atoms with Gasteiger partial charge in [-0.05, 0) is 20.0 Å². The van der Waals surface area contributed by atoms with Crippen LogP contribution in [0.2, 0.25) is 0 Å². The van der Waals surface area contributed by atoms with Crippen LogP contribution in [-0.4, -0.2) is 31.9 Å². The predicted octanol–water partition coefficient (Wildman–Crippen LogP) is -2.26. The molecule has 0 rings (SSSR count). The van der Waals surface area contributed by atoms with E-state index in [0.29, 0.717) is 0 Å². The molecule has 0 aromatic heterocycles. The van der Waals surface area contributed by atoms with E-state index in [0.717, 1.165) is 0 Å². The van der Waals surface area contributed by atoms with E-state index < -0.39 is 7.60 Å². The second kappa shape index (κ2) is 7.96. The van der Waals surface area contributed by atoms with Gasteiger partial charge in [-0.2, -0.15) is 0 Å². The van der Waals surface area contributed by atoms with Crippen molar-refractivity contribution in [1.82, 2.24) is 4.90 Å². The minimum absolute atomic E-state index is 0. The van der Waals surface area contributed by atoms with Gasteiger partial charge in [0.05, 0.1) is 12.9 Å². The molecule has 0 amide bonds. The molecule has 0 N–H and O–H groups in total. The van der Waals surface area contributed by atoms with Gasteiger partial charge in [-0.15, -0.1) is 0 Å². The maximum absolute atomic E-state index is 11.1. The maximum atomic E-state index is 11.1. The normalized spacial score (nSPS) is 15.6. The van der Waals surface area contributed by atoms with Gasteiger partial charge in [-0.3, -0.25) is 0 Å². The average molecular weight is 233 g/mol. The first-order chi connectivity index (χ1) is 5.33. The van der Waals surface area contributed by atoms with Crippen LogP contribution >= 0.6 is 7.60 Å². The minimum atomic E-state index is -3.63. The molecule has 0 saturated heterocycles. The third-order valence-corrected chi connectivity index (χ3v) is 2.52. The molecular formula is C7H17KNO3P. The fraction of sp³-hybridized carbons (Fsp3) is 1.00. The minimum Gasteiger partial charge on any atom is -0.778 e. The summed E-state index contributed by atoms with van der Waals surface area (Å²) in [6.07, 6.45) is -0.0281. The molecule has 1 atom stereocenters. The van der Waals surface area contributed by atoms with Crippen LogP contribution in [0, 0.1) is 5.92 Å². The Labute approximate surface area is 123 Å². The number of hydrogen-bond acceptors (Lipinski definition) is 4. The molecule has 0 bridgehead atoms. The molecule has 0 radical (unpaired) electrons. The molecule has 1 unspecified atom stereocenters. The van der Waals surface area contributed by atoms with Crippen LogP contribution in [0.4, 0.5) is 0 Å². The summed E-state index contributed by atoms with van der Waals surface area (Å²) >= 11 is 0. The molecular weight excluding hydrogens is 216 g/mol. The van der Waals surface area contributed by atoms with Gasteiger partial charge in [0.25, 0.3) is 0 Å². The van der Waals surface area contributed by atoms with Crippen LogP contribution in [0.25, 0.3) is 0 Å². The molecule has 0 aliphatic rings. The van der Waals surface area contributed by atoms with E-state index in [9.17, 15) is 9.46 Å². The summed E-state index contributed by atoms with van der Waals surface area (Å²) in [5.41, 5.74) is 0. The Morgan fingerprint density at radius 1 is 1.46 bits per heavy atom. The number of rotatable bonds is 5. The van der Waals surface area contributed by atoms with Crippen molar-refractivity contribution >= 4 is 7.60 Å². The Balaban J connectivity index is 0. The van der Waals surface area contributed by atoms with E-state index in [1.54, 1.807) is 19.0 Å². The third-order valence-electron chi connectivity index (χ3n) is 1.06. The van der Waals surface area contributed by atoms with Gasteiger partial charge in [0.1, 0.15) is 7.60 Å². The molecule has 0 aliphatic heterocycles. The van der Waals surface area contributed by atoms with Crippen molar-refractivity contribution in [2.24, 2.45) is 5.92 Å². The molecule has 74 valence electrons. The first kappa shape index (κ1) is 17.2. The van der Waals surface area contributed by atoms with Crippen molar-refractivity contribution in [2.45, 2.75) is 13.8 Å². The third kappa shape index (κ3) is 11.7. The van der Waals surface area contributed by atoms with Crippen molar-refractivity contribution in [3.8, 4) is 0 Å². The van der Waals surface area contributed by atoms with E-state index in [1.807, 2.05) is 13.8 Å². The molecule has 0 fully saturated rings. The van der Waals surface area contributed by atoms with Crippen molar-refractivity contribution in [3.63, 3.8) is 0 Å². The molecule has 0 saturated carbocycles. The first-order valence-electron chi connectivity index (χ1n) is 3.93. The second-order valence-electron chi connectivity index (χ2n) is 3.52. The summed E-state index contributed by atoms with van der Waals surface area (Å²) < 4.78 is 15.9. The molecule has 0 aromatic rings. The van der Waals surface area contributed by atoms with Crippen LogP contribution in [0.1, 0.15) is 13.8 Å². The molecule has 6 heteroatoms. The zero-order valence-corrected chi connectivity index (χ0v) is 13.1. The van der Waals surface area contributed by atoms with Crippen molar-refractivity contribution in [3.05, 3.63) is 0 Å². The summed E-state index contributed by atoms with van der Waals surface area (Å²) in [6, 6.07) is 0. The molecule has 13 heavy (non-hydrogen) atoms. The molecule has 0 aromatic carbocycles. The summed E-state index contributed by atoms with van der Waals surface area (Å²) in [5.74, 6) is 0.245. The van der Waals surface area contributed by atoms with Crippen molar-refractivity contribution in [1.29, 1.82) is 0 Å². The van der Waals surface area contributed by atoms with Crippen LogP contribution < -0.4 is 56.3 Å². The predicted molar refractivity (Wildman–Crippen MR) is 47.0 cm³/mol. The Bertz CT molecular complexity index is 175. The van der Waals surface area contributed by atoms with Gasteiger partial charge in [0, 0.05) is 0 Å². The Morgan fingerprint density at radius 2 is 1.92 bits per heavy atom. The fourth-order valence-electron chi connectivity index (χ4n) is 0.650. The van der Waals surface area contributed by atoms with Gasteiger partial charge >= 0.3 is 51.4 Å². The van der Waals surface area contributed by atoms with Crippen molar-refractivity contribution < 1.29 is 65.4 Å². The number of hydrogen-bond donors (Lipinski definition) is 0. The van der Waals surface area contributed by atoms with Crippen LogP contribution in [0.3, 0.4) is 0 Å². The van der Waals surface area contributed by atoms with Crippen LogP contribution in [0.5, 0.6) is 0 Å². The van der Waals surface area contributed by atoms with Gasteiger partial charge in [0.2, 0.25) is 0 Å². The molecule has 0 heterocycles.